The van der Waals surface area contributed by atoms with Gasteiger partial charge in [-0.3, -0.25) is 0 Å². The molecule has 2 rings (SSSR count). The van der Waals surface area contributed by atoms with E-state index in [0.29, 0.717) is 0 Å². The second-order valence-electron chi connectivity index (χ2n) is 4.47. The first-order valence-corrected chi connectivity index (χ1v) is 11.8. The van der Waals surface area contributed by atoms with Crippen molar-refractivity contribution in [1.29, 1.82) is 0 Å². The topological polar surface area (TPSA) is 0 Å². The molecule has 0 atom stereocenters. The Morgan fingerprint density at radius 3 is 1.62 bits per heavy atom. The largest absolute Gasteiger partial charge is 0.136 e. The first kappa shape index (κ1) is 17.3. The minimum absolute atomic E-state index is 1.37. The van der Waals surface area contributed by atoms with Crippen LogP contribution >= 0.6 is 54.1 Å². The van der Waals surface area contributed by atoms with Gasteiger partial charge in [-0.15, -0.1) is 22.7 Å². The zero-order valence-electron chi connectivity index (χ0n) is 12.5. The first-order valence-electron chi connectivity index (χ1n) is 6.60. The summed E-state index contributed by atoms with van der Waals surface area (Å²) >= 11 is 3.68. The highest BCUT2D eigenvalue weighted by Crippen LogP contribution is 2.50. The third-order valence-corrected chi connectivity index (χ3v) is 9.89. The van der Waals surface area contributed by atoms with Crippen LogP contribution < -0.4 is 0 Å². The molecule has 0 aliphatic heterocycles. The van der Waals surface area contributed by atoms with Gasteiger partial charge >= 0.3 is 0 Å². The number of rotatable bonds is 6. The summed E-state index contributed by atoms with van der Waals surface area (Å²) in [6.07, 6.45) is 8.65. The quantitative estimate of drug-likeness (QED) is 0.474. The van der Waals surface area contributed by atoms with Crippen LogP contribution in [0.3, 0.4) is 0 Å². The van der Waals surface area contributed by atoms with Crippen LogP contribution in [0, 0.1) is 13.8 Å². The van der Waals surface area contributed by atoms with Crippen LogP contribution in [-0.2, 0) is 0 Å². The molecule has 0 fully saturated rings. The third-order valence-electron chi connectivity index (χ3n) is 2.86. The van der Waals surface area contributed by atoms with Crippen LogP contribution in [0.2, 0.25) is 0 Å². The summed E-state index contributed by atoms with van der Waals surface area (Å²) in [4.78, 5) is 0. The average molecular weight is 371 g/mol. The Balaban J connectivity index is 2.02. The lowest BCUT2D eigenvalue weighted by Gasteiger charge is -2.01. The van der Waals surface area contributed by atoms with Gasteiger partial charge in [0, 0.05) is 11.1 Å². The fourth-order valence-electron chi connectivity index (χ4n) is 1.80. The van der Waals surface area contributed by atoms with Gasteiger partial charge in [0.25, 0.3) is 0 Å². The molecule has 0 aliphatic carbocycles. The maximum atomic E-state index is 2.24. The van der Waals surface area contributed by atoms with Gasteiger partial charge in [0.05, 0.1) is 8.42 Å². The zero-order valence-corrected chi connectivity index (χ0v) is 16.6. The summed E-state index contributed by atoms with van der Waals surface area (Å²) in [7, 11) is 5.59. The van der Waals surface area contributed by atoms with E-state index in [1.807, 2.05) is 54.1 Å². The zero-order chi connectivity index (χ0) is 15.2. The molecule has 2 aromatic heterocycles. The van der Waals surface area contributed by atoms with E-state index in [2.05, 4.69) is 62.8 Å². The summed E-state index contributed by atoms with van der Waals surface area (Å²) in [6.45, 7) is 8.51. The van der Waals surface area contributed by atoms with Gasteiger partial charge in [0.15, 0.2) is 0 Å². The molecule has 0 N–H and O–H groups in total. The lowest BCUT2D eigenvalue weighted by atomic mass is 10.2. The molecular weight excluding hydrogens is 353 g/mol. The first-order chi connectivity index (χ1) is 10.2. The SMILES string of the molecule is CC=Cc1c(C)csc1SSSc1scc(C)c1C=CC. The molecule has 0 spiro atoms. The van der Waals surface area contributed by atoms with E-state index in [9.17, 15) is 0 Å². The summed E-state index contributed by atoms with van der Waals surface area (Å²) < 4.78 is 2.79. The fraction of sp³-hybridized carbons (Fsp3) is 0.250. The fourth-order valence-corrected chi connectivity index (χ4v) is 9.37. The van der Waals surface area contributed by atoms with E-state index in [1.54, 1.807) is 0 Å². The van der Waals surface area contributed by atoms with Gasteiger partial charge in [-0.25, -0.2) is 0 Å². The van der Waals surface area contributed by atoms with Crippen molar-refractivity contribution in [3.05, 3.63) is 45.2 Å². The molecule has 0 amide bonds. The predicted octanol–water partition coefficient (Wildman–Crippen LogP) is 7.94. The van der Waals surface area contributed by atoms with Crippen molar-refractivity contribution in [2.45, 2.75) is 36.1 Å². The lowest BCUT2D eigenvalue weighted by Crippen LogP contribution is -1.73. The monoisotopic (exact) mass is 370 g/mol. The van der Waals surface area contributed by atoms with Crippen molar-refractivity contribution in [3.63, 3.8) is 0 Å². The van der Waals surface area contributed by atoms with Crippen molar-refractivity contribution < 1.29 is 0 Å². The highest BCUT2D eigenvalue weighted by Gasteiger charge is 2.10. The highest BCUT2D eigenvalue weighted by molar-refractivity contribution is 9.09. The Morgan fingerprint density at radius 1 is 0.810 bits per heavy atom. The maximum Gasteiger partial charge on any atom is 0.0789 e. The van der Waals surface area contributed by atoms with Crippen molar-refractivity contribution in [2.75, 3.05) is 0 Å². The Morgan fingerprint density at radius 2 is 1.24 bits per heavy atom. The smallest absolute Gasteiger partial charge is 0.0789 e. The molecule has 0 nitrogen and oxygen atoms in total. The van der Waals surface area contributed by atoms with Gasteiger partial charge in [-0.1, -0.05) is 24.3 Å². The van der Waals surface area contributed by atoms with Gasteiger partial charge in [0.2, 0.25) is 0 Å². The molecule has 5 heteroatoms. The van der Waals surface area contributed by atoms with E-state index < -0.39 is 0 Å². The Hall–Kier alpha value is -0.0700. The van der Waals surface area contributed by atoms with E-state index in [1.165, 1.54) is 30.7 Å². The number of thiophene rings is 2. The highest BCUT2D eigenvalue weighted by atomic mass is 33.5. The summed E-state index contributed by atoms with van der Waals surface area (Å²) in [5, 5.41) is 4.48. The molecule has 0 unspecified atom stereocenters. The number of allylic oxidation sites excluding steroid dienone is 2. The molecule has 0 radical (unpaired) electrons. The molecule has 0 saturated heterocycles. The normalized spacial score (nSPS) is 12.0. The second kappa shape index (κ2) is 8.53. The molecule has 0 aliphatic rings. The molecule has 2 heterocycles. The Bertz CT molecular complexity index is 589. The molecule has 2 aromatic rings. The molecule has 112 valence electrons. The van der Waals surface area contributed by atoms with Crippen LogP contribution in [0.5, 0.6) is 0 Å². The second-order valence-corrected chi connectivity index (χ2v) is 10.7. The van der Waals surface area contributed by atoms with Gasteiger partial charge in [-0.05, 0) is 81.0 Å². The van der Waals surface area contributed by atoms with Crippen LogP contribution in [0.4, 0.5) is 0 Å². The number of aryl methyl sites for hydroxylation is 2. The van der Waals surface area contributed by atoms with Crippen molar-refractivity contribution in [1.82, 2.24) is 0 Å². The van der Waals surface area contributed by atoms with Crippen molar-refractivity contribution in [3.8, 4) is 0 Å². The van der Waals surface area contributed by atoms with Crippen LogP contribution in [0.1, 0.15) is 36.1 Å². The summed E-state index contributed by atoms with van der Waals surface area (Å²) in [5.41, 5.74) is 5.48. The van der Waals surface area contributed by atoms with E-state index in [4.69, 9.17) is 0 Å². The summed E-state index contributed by atoms with van der Waals surface area (Å²) in [5.74, 6) is 0. The van der Waals surface area contributed by atoms with Gasteiger partial charge in [0.1, 0.15) is 0 Å². The standard InChI is InChI=1S/C16H18S5/c1-5-7-13-11(3)9-17-15(13)19-21-20-16-14(8-6-2)12(4)10-18-16/h5-10H,1-4H3. The lowest BCUT2D eigenvalue weighted by molar-refractivity contribution is 1.47. The average Bonchev–Trinajstić information content (AvgIpc) is 2.98. The molecular formula is C16H18S5. The third kappa shape index (κ3) is 4.45. The number of hydrogen-bond donors (Lipinski definition) is 0. The van der Waals surface area contributed by atoms with Crippen LogP contribution in [0.15, 0.2) is 31.3 Å². The Labute approximate surface area is 146 Å². The van der Waals surface area contributed by atoms with Gasteiger partial charge in [-0.2, -0.15) is 0 Å². The molecule has 0 aromatic carbocycles. The van der Waals surface area contributed by atoms with E-state index in [-0.39, 0.29) is 0 Å². The number of hydrogen-bond acceptors (Lipinski definition) is 5. The van der Waals surface area contributed by atoms with E-state index in [0.717, 1.165) is 0 Å². The minimum atomic E-state index is 1.37. The van der Waals surface area contributed by atoms with Gasteiger partial charge < -0.3 is 0 Å². The molecule has 0 bridgehead atoms. The summed E-state index contributed by atoms with van der Waals surface area (Å²) in [6, 6.07) is 0. The predicted molar refractivity (Wildman–Crippen MR) is 107 cm³/mol. The Kier molecular flexibility index (Phi) is 7.02. The van der Waals surface area contributed by atoms with E-state index >= 15 is 0 Å². The minimum Gasteiger partial charge on any atom is -0.136 e. The van der Waals surface area contributed by atoms with Crippen molar-refractivity contribution in [2.24, 2.45) is 0 Å². The molecule has 0 saturated carbocycles. The van der Waals surface area contributed by atoms with Crippen molar-refractivity contribution >= 4 is 66.2 Å². The van der Waals surface area contributed by atoms with Crippen LogP contribution in [-0.4, -0.2) is 0 Å². The molecule has 21 heavy (non-hydrogen) atoms. The maximum absolute atomic E-state index is 2.24. The van der Waals surface area contributed by atoms with Crippen LogP contribution in [0.25, 0.3) is 12.2 Å².